The summed E-state index contributed by atoms with van der Waals surface area (Å²) in [7, 11) is 0. The molecule has 3 rings (SSSR count). The van der Waals surface area contributed by atoms with Crippen LogP contribution in [0.1, 0.15) is 11.1 Å². The summed E-state index contributed by atoms with van der Waals surface area (Å²) >= 11 is 3.42. The molecule has 0 fully saturated rings. The van der Waals surface area contributed by atoms with Gasteiger partial charge in [0.1, 0.15) is 29.0 Å². The molecule has 0 radical (unpaired) electrons. The summed E-state index contributed by atoms with van der Waals surface area (Å²) in [6, 6.07) is 8.04. The quantitative estimate of drug-likeness (QED) is 0.732. The van der Waals surface area contributed by atoms with Gasteiger partial charge in [0.25, 0.3) is 0 Å². The molecule has 0 aliphatic carbocycles. The van der Waals surface area contributed by atoms with Gasteiger partial charge in [0, 0.05) is 16.2 Å². The van der Waals surface area contributed by atoms with E-state index in [2.05, 4.69) is 20.9 Å². The first-order chi connectivity index (χ1) is 10.0. The van der Waals surface area contributed by atoms with Crippen LogP contribution in [0.25, 0.3) is 16.9 Å². The molecule has 0 aliphatic rings. The zero-order chi connectivity index (χ0) is 15.1. The third kappa shape index (κ3) is 2.16. The summed E-state index contributed by atoms with van der Waals surface area (Å²) in [5.41, 5.74) is 8.96. The number of hydrogen-bond donors (Lipinski definition) is 1. The number of nitrogen functional groups attached to an aromatic ring is 1. The van der Waals surface area contributed by atoms with Crippen LogP contribution in [0.4, 0.5) is 10.2 Å². The average molecular weight is 345 g/mol. The number of nitriles is 1. The van der Waals surface area contributed by atoms with Gasteiger partial charge in [-0.05, 0) is 52.7 Å². The molecule has 0 spiro atoms. The summed E-state index contributed by atoms with van der Waals surface area (Å²) in [6.07, 6.45) is 1.82. The number of aryl methyl sites for hydroxylation is 1. The van der Waals surface area contributed by atoms with Gasteiger partial charge in [-0.2, -0.15) is 5.26 Å². The first-order valence-electron chi connectivity index (χ1n) is 6.15. The first-order valence-corrected chi connectivity index (χ1v) is 6.94. The van der Waals surface area contributed by atoms with Crippen molar-refractivity contribution in [3.8, 4) is 17.3 Å². The lowest BCUT2D eigenvalue weighted by atomic mass is 10.1. The Bertz CT molecular complexity index is 908. The van der Waals surface area contributed by atoms with Gasteiger partial charge < -0.3 is 5.73 Å². The molecule has 1 aromatic carbocycles. The van der Waals surface area contributed by atoms with Crippen molar-refractivity contribution in [2.75, 3.05) is 5.73 Å². The fourth-order valence-corrected chi connectivity index (χ4v) is 2.80. The van der Waals surface area contributed by atoms with Gasteiger partial charge >= 0.3 is 0 Å². The number of benzene rings is 1. The van der Waals surface area contributed by atoms with Crippen molar-refractivity contribution in [1.29, 1.82) is 5.26 Å². The van der Waals surface area contributed by atoms with Crippen molar-refractivity contribution >= 4 is 27.4 Å². The molecule has 4 nitrogen and oxygen atoms in total. The Morgan fingerprint density at radius 3 is 2.86 bits per heavy atom. The van der Waals surface area contributed by atoms with Crippen LogP contribution in [-0.4, -0.2) is 9.38 Å². The molecule has 21 heavy (non-hydrogen) atoms. The predicted octanol–water partition coefficient (Wildman–Crippen LogP) is 3.67. The molecular weight excluding hydrogens is 335 g/mol. The summed E-state index contributed by atoms with van der Waals surface area (Å²) in [4.78, 5) is 4.51. The highest BCUT2D eigenvalue weighted by Gasteiger charge is 2.15. The average Bonchev–Trinajstić information content (AvgIpc) is 2.77. The van der Waals surface area contributed by atoms with E-state index < -0.39 is 5.82 Å². The number of anilines is 1. The molecule has 0 aliphatic heterocycles. The van der Waals surface area contributed by atoms with Crippen molar-refractivity contribution in [2.45, 2.75) is 6.92 Å². The van der Waals surface area contributed by atoms with Crippen LogP contribution in [-0.2, 0) is 0 Å². The van der Waals surface area contributed by atoms with E-state index in [1.54, 1.807) is 10.5 Å². The zero-order valence-electron chi connectivity index (χ0n) is 11.1. The third-order valence-electron chi connectivity index (χ3n) is 3.27. The van der Waals surface area contributed by atoms with Crippen LogP contribution in [0.3, 0.4) is 0 Å². The highest BCUT2D eigenvalue weighted by molar-refractivity contribution is 9.10. The van der Waals surface area contributed by atoms with Crippen LogP contribution in [0.5, 0.6) is 0 Å². The van der Waals surface area contributed by atoms with Gasteiger partial charge in [0.05, 0.1) is 5.56 Å². The molecule has 2 heterocycles. The van der Waals surface area contributed by atoms with Crippen molar-refractivity contribution in [3.05, 3.63) is 51.9 Å². The Labute approximate surface area is 128 Å². The van der Waals surface area contributed by atoms with Gasteiger partial charge in [0.2, 0.25) is 0 Å². The largest absolute Gasteiger partial charge is 0.383 e. The fourth-order valence-electron chi connectivity index (χ4n) is 2.26. The topological polar surface area (TPSA) is 67.1 Å². The van der Waals surface area contributed by atoms with Crippen molar-refractivity contribution in [3.63, 3.8) is 0 Å². The lowest BCUT2D eigenvalue weighted by molar-refractivity contribution is 0.624. The summed E-state index contributed by atoms with van der Waals surface area (Å²) in [5, 5.41) is 8.93. The highest BCUT2D eigenvalue weighted by atomic mass is 79.9. The number of rotatable bonds is 1. The number of aromatic nitrogens is 2. The number of fused-ring (bicyclic) bond motifs is 1. The van der Waals surface area contributed by atoms with Crippen LogP contribution in [0, 0.1) is 24.1 Å². The van der Waals surface area contributed by atoms with E-state index in [-0.39, 0.29) is 5.56 Å². The summed E-state index contributed by atoms with van der Waals surface area (Å²) < 4.78 is 16.1. The number of imidazole rings is 1. The van der Waals surface area contributed by atoms with E-state index in [1.807, 2.05) is 25.3 Å². The van der Waals surface area contributed by atoms with Crippen LogP contribution in [0.2, 0.25) is 0 Å². The van der Waals surface area contributed by atoms with Gasteiger partial charge in [-0.15, -0.1) is 0 Å². The maximum absolute atomic E-state index is 13.4. The van der Waals surface area contributed by atoms with Gasteiger partial charge in [-0.3, -0.25) is 4.40 Å². The summed E-state index contributed by atoms with van der Waals surface area (Å²) in [5.74, 6) is -0.104. The number of nitrogens with two attached hydrogens (primary N) is 1. The Hall–Kier alpha value is -2.39. The SMILES string of the molecule is Cc1cc(Br)cn2c(N)c(-c3ccc(F)c(C#N)c3)nc12. The van der Waals surface area contributed by atoms with E-state index in [4.69, 9.17) is 11.0 Å². The minimum Gasteiger partial charge on any atom is -0.383 e. The maximum atomic E-state index is 13.4. The van der Waals surface area contributed by atoms with Crippen LogP contribution >= 0.6 is 15.9 Å². The fraction of sp³-hybridized carbons (Fsp3) is 0.0667. The molecule has 0 unspecified atom stereocenters. The Kier molecular flexibility index (Phi) is 3.15. The molecule has 2 aromatic heterocycles. The molecule has 0 bridgehead atoms. The number of pyridine rings is 1. The number of hydrogen-bond acceptors (Lipinski definition) is 3. The normalized spacial score (nSPS) is 10.8. The molecule has 2 N–H and O–H groups in total. The number of nitrogens with zero attached hydrogens (tertiary/aromatic N) is 3. The maximum Gasteiger partial charge on any atom is 0.142 e. The highest BCUT2D eigenvalue weighted by Crippen LogP contribution is 2.30. The standard InChI is InChI=1S/C15H10BrFN4/c1-8-4-11(16)7-21-14(19)13(20-15(8)21)9-2-3-12(17)10(5-9)6-18/h2-5,7H,19H2,1H3. The van der Waals surface area contributed by atoms with E-state index in [1.165, 1.54) is 12.1 Å². The van der Waals surface area contributed by atoms with Gasteiger partial charge in [0.15, 0.2) is 0 Å². The number of halogens is 2. The van der Waals surface area contributed by atoms with Crippen LogP contribution in [0.15, 0.2) is 34.9 Å². The Balaban J connectivity index is 2.29. The second-order valence-corrected chi connectivity index (χ2v) is 5.60. The van der Waals surface area contributed by atoms with Gasteiger partial charge in [-0.1, -0.05) is 0 Å². The van der Waals surface area contributed by atoms with E-state index in [0.29, 0.717) is 17.1 Å². The van der Waals surface area contributed by atoms with E-state index in [0.717, 1.165) is 15.7 Å². The molecule has 0 amide bonds. The second kappa shape index (κ2) is 4.86. The molecule has 6 heteroatoms. The third-order valence-corrected chi connectivity index (χ3v) is 3.70. The first kappa shape index (κ1) is 13.6. The molecule has 0 saturated carbocycles. The van der Waals surface area contributed by atoms with Gasteiger partial charge in [-0.25, -0.2) is 9.37 Å². The van der Waals surface area contributed by atoms with Crippen molar-refractivity contribution < 1.29 is 4.39 Å². The summed E-state index contributed by atoms with van der Waals surface area (Å²) in [6.45, 7) is 1.93. The minimum absolute atomic E-state index is 0.0261. The monoisotopic (exact) mass is 344 g/mol. The lowest BCUT2D eigenvalue weighted by Gasteiger charge is -2.02. The Morgan fingerprint density at radius 1 is 1.38 bits per heavy atom. The van der Waals surface area contributed by atoms with E-state index >= 15 is 0 Å². The van der Waals surface area contributed by atoms with Crippen molar-refractivity contribution in [2.24, 2.45) is 0 Å². The minimum atomic E-state index is -0.553. The van der Waals surface area contributed by atoms with Crippen molar-refractivity contribution in [1.82, 2.24) is 9.38 Å². The smallest absolute Gasteiger partial charge is 0.142 e. The predicted molar refractivity (Wildman–Crippen MR) is 82.2 cm³/mol. The van der Waals surface area contributed by atoms with Crippen LogP contribution < -0.4 is 5.73 Å². The van der Waals surface area contributed by atoms with E-state index in [9.17, 15) is 4.39 Å². The molecule has 0 atom stereocenters. The second-order valence-electron chi connectivity index (χ2n) is 4.69. The lowest BCUT2D eigenvalue weighted by Crippen LogP contribution is -1.95. The zero-order valence-corrected chi connectivity index (χ0v) is 12.6. The molecule has 104 valence electrons. The molecule has 3 aromatic rings. The Morgan fingerprint density at radius 2 is 2.14 bits per heavy atom. The molecular formula is C15H10BrFN4. The molecule has 0 saturated heterocycles.